The van der Waals surface area contributed by atoms with E-state index in [2.05, 4.69) is 41.5 Å². The molecule has 1 heterocycles. The summed E-state index contributed by atoms with van der Waals surface area (Å²) in [7, 11) is 0. The third-order valence-electron chi connectivity index (χ3n) is 2.71. The molecule has 0 spiro atoms. The number of hydrogen-bond donors (Lipinski definition) is 2. The van der Waals surface area contributed by atoms with Crippen LogP contribution in [0.4, 0.5) is 5.69 Å². The largest absolute Gasteiger partial charge is 0.382 e. The van der Waals surface area contributed by atoms with Gasteiger partial charge >= 0.3 is 0 Å². The van der Waals surface area contributed by atoms with E-state index in [9.17, 15) is 0 Å². The molecule has 0 saturated heterocycles. The number of aromatic nitrogens is 3. The predicted octanol–water partition coefficient (Wildman–Crippen LogP) is 2.41. The summed E-state index contributed by atoms with van der Waals surface area (Å²) in [5.41, 5.74) is 2.89. The monoisotopic (exact) mass is 204 g/mol. The maximum absolute atomic E-state index is 4.06. The highest BCUT2D eigenvalue weighted by Crippen LogP contribution is 2.17. The molecule has 4 nitrogen and oxygen atoms in total. The molecule has 0 aliphatic rings. The van der Waals surface area contributed by atoms with Crippen molar-refractivity contribution in [1.82, 2.24) is 15.4 Å². The van der Waals surface area contributed by atoms with Gasteiger partial charge in [0.05, 0.1) is 0 Å². The Morgan fingerprint density at radius 1 is 1.13 bits per heavy atom. The van der Waals surface area contributed by atoms with Crippen LogP contribution >= 0.6 is 0 Å². The van der Waals surface area contributed by atoms with Crippen LogP contribution in [-0.2, 0) is 0 Å². The van der Waals surface area contributed by atoms with E-state index in [-0.39, 0.29) is 0 Å². The zero-order chi connectivity index (χ0) is 10.8. The van der Waals surface area contributed by atoms with Gasteiger partial charge in [-0.3, -0.25) is 0 Å². The minimum Gasteiger partial charge on any atom is -0.382 e. The van der Waals surface area contributed by atoms with Crippen molar-refractivity contribution in [1.29, 1.82) is 0 Å². The molecule has 0 amide bonds. The highest BCUT2D eigenvalue weighted by Gasteiger charge is 2.07. The van der Waals surface area contributed by atoms with Gasteiger partial charge in [0, 0.05) is 11.7 Å². The molecule has 1 unspecified atom stereocenters. The summed E-state index contributed by atoms with van der Waals surface area (Å²) >= 11 is 0. The molecule has 80 valence electrons. The Hall–Kier alpha value is -1.58. The van der Waals surface area contributed by atoms with Crippen molar-refractivity contribution in [2.24, 2.45) is 5.92 Å². The van der Waals surface area contributed by atoms with Gasteiger partial charge in [0.15, 0.2) is 0 Å². The van der Waals surface area contributed by atoms with Crippen LogP contribution < -0.4 is 5.32 Å². The maximum atomic E-state index is 4.06. The first-order valence-electron chi connectivity index (χ1n) is 5.24. The number of benzene rings is 1. The first-order chi connectivity index (χ1) is 7.16. The van der Waals surface area contributed by atoms with Crippen LogP contribution in [-0.4, -0.2) is 21.5 Å². The number of aromatic amines is 1. The molecule has 0 aliphatic heterocycles. The Bertz CT molecular complexity index is 447. The normalized spacial score (nSPS) is 13.3. The van der Waals surface area contributed by atoms with Crippen molar-refractivity contribution in [2.75, 3.05) is 5.32 Å². The van der Waals surface area contributed by atoms with E-state index in [0.29, 0.717) is 12.0 Å². The molecule has 0 radical (unpaired) electrons. The average Bonchev–Trinajstić information content (AvgIpc) is 2.64. The SMILES string of the molecule is CC(C)C(C)Nc1ccc2n[nH]nc2c1. The number of rotatable bonds is 3. The van der Waals surface area contributed by atoms with Gasteiger partial charge in [-0.05, 0) is 31.0 Å². The van der Waals surface area contributed by atoms with Crippen LogP contribution in [0.25, 0.3) is 11.0 Å². The molecule has 2 rings (SSSR count). The molecule has 0 aliphatic carbocycles. The Balaban J connectivity index is 2.21. The van der Waals surface area contributed by atoms with E-state index < -0.39 is 0 Å². The molecule has 0 saturated carbocycles. The lowest BCUT2D eigenvalue weighted by atomic mass is 10.1. The van der Waals surface area contributed by atoms with Crippen molar-refractivity contribution < 1.29 is 0 Å². The smallest absolute Gasteiger partial charge is 0.115 e. The molecule has 1 aromatic heterocycles. The zero-order valence-electron chi connectivity index (χ0n) is 9.28. The van der Waals surface area contributed by atoms with E-state index in [1.807, 2.05) is 18.2 Å². The molecule has 0 bridgehead atoms. The summed E-state index contributed by atoms with van der Waals surface area (Å²) in [6.45, 7) is 6.58. The predicted molar refractivity (Wildman–Crippen MR) is 61.8 cm³/mol. The molecular weight excluding hydrogens is 188 g/mol. The van der Waals surface area contributed by atoms with Crippen LogP contribution in [0.1, 0.15) is 20.8 Å². The van der Waals surface area contributed by atoms with Crippen molar-refractivity contribution in [3.63, 3.8) is 0 Å². The molecular formula is C11H16N4. The number of nitrogens with zero attached hydrogens (tertiary/aromatic N) is 2. The minimum absolute atomic E-state index is 0.453. The first-order valence-corrected chi connectivity index (χ1v) is 5.24. The van der Waals surface area contributed by atoms with Gasteiger partial charge in [0.2, 0.25) is 0 Å². The van der Waals surface area contributed by atoms with Gasteiger partial charge < -0.3 is 5.32 Å². The Labute approximate surface area is 89.1 Å². The Morgan fingerprint density at radius 3 is 2.60 bits per heavy atom. The Kier molecular flexibility index (Phi) is 2.58. The van der Waals surface area contributed by atoms with Crippen LogP contribution in [0.3, 0.4) is 0 Å². The summed E-state index contributed by atoms with van der Waals surface area (Å²) in [5, 5.41) is 14.1. The number of H-pyrrole nitrogens is 1. The quantitative estimate of drug-likeness (QED) is 0.807. The maximum Gasteiger partial charge on any atom is 0.115 e. The van der Waals surface area contributed by atoms with Gasteiger partial charge in [-0.25, -0.2) is 0 Å². The molecule has 1 atom stereocenters. The average molecular weight is 204 g/mol. The van der Waals surface area contributed by atoms with E-state index in [1.165, 1.54) is 0 Å². The van der Waals surface area contributed by atoms with E-state index >= 15 is 0 Å². The van der Waals surface area contributed by atoms with Gasteiger partial charge in [0.1, 0.15) is 11.0 Å². The van der Waals surface area contributed by atoms with Crippen molar-refractivity contribution in [3.8, 4) is 0 Å². The lowest BCUT2D eigenvalue weighted by Gasteiger charge is -2.18. The summed E-state index contributed by atoms with van der Waals surface area (Å²) in [4.78, 5) is 0. The fraction of sp³-hybridized carbons (Fsp3) is 0.455. The third kappa shape index (κ3) is 2.09. The van der Waals surface area contributed by atoms with Gasteiger partial charge in [-0.2, -0.15) is 15.4 Å². The minimum atomic E-state index is 0.453. The summed E-state index contributed by atoms with van der Waals surface area (Å²) in [6, 6.07) is 6.46. The molecule has 4 heteroatoms. The topological polar surface area (TPSA) is 53.6 Å². The molecule has 2 N–H and O–H groups in total. The fourth-order valence-electron chi connectivity index (χ4n) is 1.36. The highest BCUT2D eigenvalue weighted by atomic mass is 15.3. The zero-order valence-corrected chi connectivity index (χ0v) is 9.28. The third-order valence-corrected chi connectivity index (χ3v) is 2.71. The van der Waals surface area contributed by atoms with Crippen molar-refractivity contribution in [3.05, 3.63) is 18.2 Å². The van der Waals surface area contributed by atoms with Crippen LogP contribution in [0.2, 0.25) is 0 Å². The first kappa shape index (κ1) is 9.96. The van der Waals surface area contributed by atoms with E-state index in [0.717, 1.165) is 16.7 Å². The second-order valence-electron chi connectivity index (χ2n) is 4.20. The second-order valence-corrected chi connectivity index (χ2v) is 4.20. The Morgan fingerprint density at radius 2 is 1.87 bits per heavy atom. The number of fused-ring (bicyclic) bond motifs is 1. The number of hydrogen-bond acceptors (Lipinski definition) is 3. The summed E-state index contributed by atoms with van der Waals surface area (Å²) in [5.74, 6) is 0.609. The van der Waals surface area contributed by atoms with Crippen LogP contribution in [0.5, 0.6) is 0 Å². The van der Waals surface area contributed by atoms with E-state index in [1.54, 1.807) is 0 Å². The van der Waals surface area contributed by atoms with Crippen LogP contribution in [0, 0.1) is 5.92 Å². The highest BCUT2D eigenvalue weighted by molar-refractivity contribution is 5.77. The van der Waals surface area contributed by atoms with Crippen LogP contribution in [0.15, 0.2) is 18.2 Å². The second kappa shape index (κ2) is 3.88. The number of anilines is 1. The molecule has 2 aromatic rings. The van der Waals surface area contributed by atoms with Crippen molar-refractivity contribution >= 4 is 16.7 Å². The summed E-state index contributed by atoms with van der Waals surface area (Å²) in [6.07, 6.45) is 0. The standard InChI is InChI=1S/C11H16N4/c1-7(2)8(3)12-9-4-5-10-11(6-9)14-15-13-10/h4-8,12H,1-3H3,(H,13,14,15). The fourth-order valence-corrected chi connectivity index (χ4v) is 1.36. The number of nitrogens with one attached hydrogen (secondary N) is 2. The summed E-state index contributed by atoms with van der Waals surface area (Å²) < 4.78 is 0. The van der Waals surface area contributed by atoms with Gasteiger partial charge in [-0.15, -0.1) is 0 Å². The lowest BCUT2D eigenvalue weighted by Crippen LogP contribution is -2.21. The molecule has 0 fully saturated rings. The lowest BCUT2D eigenvalue weighted by molar-refractivity contribution is 0.560. The van der Waals surface area contributed by atoms with E-state index in [4.69, 9.17) is 0 Å². The van der Waals surface area contributed by atoms with Gasteiger partial charge in [0.25, 0.3) is 0 Å². The molecule has 1 aromatic carbocycles. The van der Waals surface area contributed by atoms with Gasteiger partial charge in [-0.1, -0.05) is 13.8 Å². The van der Waals surface area contributed by atoms with Crippen molar-refractivity contribution in [2.45, 2.75) is 26.8 Å². The molecule has 15 heavy (non-hydrogen) atoms.